The van der Waals surface area contributed by atoms with E-state index in [1.165, 1.54) is 16.7 Å². The fraction of sp³-hybridized carbons (Fsp3) is 0.290. The van der Waals surface area contributed by atoms with Gasteiger partial charge in [-0.15, -0.1) is 13.2 Å². The molecule has 0 aliphatic rings. The zero-order valence-electron chi connectivity index (χ0n) is 24.0. The number of fused-ring (bicyclic) bond motifs is 1. The van der Waals surface area contributed by atoms with E-state index in [-0.39, 0.29) is 28.9 Å². The number of halogens is 5. The lowest BCUT2D eigenvalue weighted by Gasteiger charge is -2.16. The van der Waals surface area contributed by atoms with Gasteiger partial charge in [0, 0.05) is 39.9 Å². The van der Waals surface area contributed by atoms with Crippen LogP contribution in [-0.4, -0.2) is 34.4 Å². The summed E-state index contributed by atoms with van der Waals surface area (Å²) in [4.78, 5) is 22.8. The van der Waals surface area contributed by atoms with Crippen LogP contribution >= 0.6 is 11.6 Å². The van der Waals surface area contributed by atoms with Crippen LogP contribution in [0.15, 0.2) is 72.3 Å². The molecular weight excluding hydrogens is 578 g/mol. The number of aldehydes is 1. The quantitative estimate of drug-likeness (QED) is 0.107. The molecule has 1 N–H and O–H groups in total. The van der Waals surface area contributed by atoms with Gasteiger partial charge >= 0.3 is 12.3 Å². The number of aromatic nitrogens is 1. The van der Waals surface area contributed by atoms with Crippen LogP contribution in [0.25, 0.3) is 16.6 Å². The molecule has 1 heterocycles. The van der Waals surface area contributed by atoms with Crippen LogP contribution in [0.2, 0.25) is 0 Å². The summed E-state index contributed by atoms with van der Waals surface area (Å²) in [5.41, 5.74) is 0.853. The first-order chi connectivity index (χ1) is 19.8. The number of hydrogen-bond donors (Lipinski definition) is 1. The Morgan fingerprint density at radius 3 is 2.36 bits per heavy atom. The fourth-order valence-electron chi connectivity index (χ4n) is 3.72. The van der Waals surface area contributed by atoms with Crippen molar-refractivity contribution in [1.29, 1.82) is 0 Å². The van der Waals surface area contributed by atoms with E-state index in [4.69, 9.17) is 21.4 Å². The van der Waals surface area contributed by atoms with Gasteiger partial charge < -0.3 is 19.1 Å². The average Bonchev–Trinajstić information content (AvgIpc) is 3.21. The van der Waals surface area contributed by atoms with E-state index in [0.717, 1.165) is 30.7 Å². The van der Waals surface area contributed by atoms with Gasteiger partial charge in [-0.25, -0.2) is 9.18 Å². The molecule has 0 fully saturated rings. The summed E-state index contributed by atoms with van der Waals surface area (Å²) in [5.74, 6) is -2.58. The van der Waals surface area contributed by atoms with Gasteiger partial charge in [-0.2, -0.15) is 0 Å². The summed E-state index contributed by atoms with van der Waals surface area (Å²) in [7, 11) is 0. The highest BCUT2D eigenvalue weighted by Crippen LogP contribution is 2.34. The van der Waals surface area contributed by atoms with Gasteiger partial charge in [-0.05, 0) is 44.9 Å². The van der Waals surface area contributed by atoms with Gasteiger partial charge in [0.05, 0.1) is 11.2 Å². The molecule has 11 heteroatoms. The third kappa shape index (κ3) is 10.4. The monoisotopic (exact) mass is 611 g/mol. The van der Waals surface area contributed by atoms with Crippen LogP contribution in [-0.2, 0) is 4.79 Å². The molecule has 0 saturated heterocycles. The van der Waals surface area contributed by atoms with Crippen molar-refractivity contribution in [3.8, 4) is 17.2 Å². The van der Waals surface area contributed by atoms with Crippen molar-refractivity contribution in [1.82, 2.24) is 4.57 Å². The summed E-state index contributed by atoms with van der Waals surface area (Å²) in [5, 5.41) is 10.2. The Morgan fingerprint density at radius 2 is 1.83 bits per heavy atom. The van der Waals surface area contributed by atoms with Crippen molar-refractivity contribution in [2.24, 2.45) is 0 Å². The van der Waals surface area contributed by atoms with Crippen LogP contribution in [0.1, 0.15) is 56.6 Å². The summed E-state index contributed by atoms with van der Waals surface area (Å²) in [6, 6.07) is 6.89. The first-order valence-corrected chi connectivity index (χ1v) is 13.4. The van der Waals surface area contributed by atoms with E-state index in [0.29, 0.717) is 22.4 Å². The molecule has 0 aliphatic heterocycles. The Bertz CT molecular complexity index is 1430. The van der Waals surface area contributed by atoms with E-state index in [1.807, 2.05) is 39.0 Å². The third-order valence-corrected chi connectivity index (χ3v) is 5.80. The van der Waals surface area contributed by atoms with E-state index in [1.54, 1.807) is 19.9 Å². The van der Waals surface area contributed by atoms with Gasteiger partial charge in [0.25, 0.3) is 0 Å². The van der Waals surface area contributed by atoms with Crippen molar-refractivity contribution >= 4 is 34.8 Å². The molecule has 0 spiro atoms. The largest absolute Gasteiger partial charge is 0.573 e. The molecule has 1 atom stereocenters. The third-order valence-electron chi connectivity index (χ3n) is 5.50. The number of nitrogens with zero attached hydrogens (tertiary/aromatic N) is 1. The molecule has 228 valence electrons. The first kappa shape index (κ1) is 36.0. The molecular formula is C31H34ClF4NO5. The molecule has 3 rings (SSSR count). The molecule has 6 nitrogen and oxygen atoms in total. The summed E-state index contributed by atoms with van der Waals surface area (Å²) >= 11 is 5.61. The number of rotatable bonds is 10. The van der Waals surface area contributed by atoms with Crippen molar-refractivity contribution in [3.05, 3.63) is 89.4 Å². The van der Waals surface area contributed by atoms with E-state index in [2.05, 4.69) is 11.3 Å². The number of carboxylic acids is 1. The number of benzene rings is 2. The summed E-state index contributed by atoms with van der Waals surface area (Å²) in [6.07, 6.45) is 3.00. The first-order valence-electron chi connectivity index (χ1n) is 13.0. The molecule has 0 bridgehead atoms. The minimum atomic E-state index is -4.92. The number of allylic oxidation sites excluding steroid dienone is 5. The number of hydrogen-bond acceptors (Lipinski definition) is 4. The van der Waals surface area contributed by atoms with Gasteiger partial charge in [-0.3, -0.25) is 4.79 Å². The smallest absolute Gasteiger partial charge is 0.479 e. The van der Waals surface area contributed by atoms with Crippen LogP contribution in [0.5, 0.6) is 11.5 Å². The SMILES string of the molecule is C=C/C(Cl)=C\C/C=C\C.CC.CC[C@@H](Oc1cc(F)cc(-n2c(C)c(C=O)c3ccc(OC(F)(F)F)cc32)c1)C(=O)O. The number of ether oxygens (including phenoxy) is 2. The summed E-state index contributed by atoms with van der Waals surface area (Å²) < 4.78 is 62.9. The molecule has 2 aromatic carbocycles. The second-order valence-electron chi connectivity index (χ2n) is 8.28. The van der Waals surface area contributed by atoms with Crippen molar-refractivity contribution in [3.63, 3.8) is 0 Å². The summed E-state index contributed by atoms with van der Waals surface area (Å²) in [6.45, 7) is 12.6. The Hall–Kier alpha value is -4.05. The minimum absolute atomic E-state index is 0.0825. The molecule has 42 heavy (non-hydrogen) atoms. The second-order valence-corrected chi connectivity index (χ2v) is 8.71. The standard InChI is InChI=1S/C21H17F4NO5.C8H11Cl.C2H6/c1-3-19(20(28)29)30-15-7-12(22)6-13(8-15)26-11(2)17(10-27)16-5-4-14(9-18(16)26)31-21(23,24)25;1-3-5-6-7-8(9)4-2;1-2/h4-10,19H,3H2,1-2H3,(H,28,29);3-5,7H,2,6H2,1H3;1-2H3/b;5-3-,8-7+;/t19-;;/m1../s1. The topological polar surface area (TPSA) is 77.8 Å². The average molecular weight is 612 g/mol. The van der Waals surface area contributed by atoms with Gasteiger partial charge in [0.1, 0.15) is 17.3 Å². The lowest BCUT2D eigenvalue weighted by Crippen LogP contribution is -2.26. The second kappa shape index (κ2) is 17.0. The van der Waals surface area contributed by atoms with Crippen LogP contribution in [0.4, 0.5) is 17.6 Å². The zero-order chi connectivity index (χ0) is 32.0. The molecule has 0 amide bonds. The highest BCUT2D eigenvalue weighted by atomic mass is 35.5. The van der Waals surface area contributed by atoms with E-state index < -0.39 is 30.0 Å². The fourth-order valence-corrected chi connectivity index (χ4v) is 3.81. The number of carboxylic acid groups (broad SMARTS) is 1. The molecule has 3 aromatic rings. The Kier molecular flexibility index (Phi) is 14.6. The van der Waals surface area contributed by atoms with Crippen molar-refractivity contribution in [2.45, 2.75) is 59.9 Å². The molecule has 0 aliphatic carbocycles. The van der Waals surface area contributed by atoms with Gasteiger partial charge in [0.15, 0.2) is 12.4 Å². The maximum Gasteiger partial charge on any atom is 0.573 e. The Balaban J connectivity index is 0.000000686. The van der Waals surface area contributed by atoms with E-state index >= 15 is 0 Å². The maximum atomic E-state index is 14.3. The zero-order valence-corrected chi connectivity index (χ0v) is 24.7. The van der Waals surface area contributed by atoms with Crippen LogP contribution < -0.4 is 9.47 Å². The molecule has 0 radical (unpaired) electrons. The highest BCUT2D eigenvalue weighted by Gasteiger charge is 2.31. The van der Waals surface area contributed by atoms with Crippen molar-refractivity contribution in [2.75, 3.05) is 0 Å². The number of carbonyl (C=O) groups is 2. The van der Waals surface area contributed by atoms with Crippen LogP contribution in [0, 0.1) is 12.7 Å². The Labute approximate surface area is 247 Å². The van der Waals surface area contributed by atoms with Gasteiger partial charge in [0.2, 0.25) is 0 Å². The molecule has 0 saturated carbocycles. The molecule has 0 unspecified atom stereocenters. The lowest BCUT2D eigenvalue weighted by atomic mass is 10.1. The predicted molar refractivity (Wildman–Crippen MR) is 157 cm³/mol. The van der Waals surface area contributed by atoms with Crippen LogP contribution in [0.3, 0.4) is 0 Å². The van der Waals surface area contributed by atoms with Gasteiger partial charge in [-0.1, -0.05) is 63.3 Å². The number of aliphatic carboxylic acids is 1. The lowest BCUT2D eigenvalue weighted by molar-refractivity contribution is -0.274. The number of carbonyl (C=O) groups excluding carboxylic acids is 1. The Morgan fingerprint density at radius 1 is 1.17 bits per heavy atom. The highest BCUT2D eigenvalue weighted by molar-refractivity contribution is 6.31. The minimum Gasteiger partial charge on any atom is -0.479 e. The number of alkyl halides is 3. The maximum absolute atomic E-state index is 14.3. The predicted octanol–water partition coefficient (Wildman–Crippen LogP) is 9.32. The molecule has 1 aromatic heterocycles. The van der Waals surface area contributed by atoms with Crippen molar-refractivity contribution < 1.29 is 41.7 Å². The normalized spacial score (nSPS) is 12.1. The van der Waals surface area contributed by atoms with E-state index in [9.17, 15) is 27.2 Å².